The molecule has 0 radical (unpaired) electrons. The second kappa shape index (κ2) is 4.95. The van der Waals surface area contributed by atoms with Crippen LogP contribution in [0.5, 0.6) is 0 Å². The number of aromatic carboxylic acids is 1. The van der Waals surface area contributed by atoms with E-state index in [1.54, 1.807) is 0 Å². The van der Waals surface area contributed by atoms with E-state index in [2.05, 4.69) is 4.98 Å². The van der Waals surface area contributed by atoms with Gasteiger partial charge in [-0.1, -0.05) is 0 Å². The van der Waals surface area contributed by atoms with Crippen LogP contribution in [0.2, 0.25) is 0 Å². The van der Waals surface area contributed by atoms with E-state index >= 15 is 0 Å². The fraction of sp³-hybridized carbons (Fsp3) is 0.250. The van der Waals surface area contributed by atoms with Crippen LogP contribution in [0.4, 0.5) is 4.39 Å². The number of aromatic nitrogens is 1. The van der Waals surface area contributed by atoms with Crippen LogP contribution >= 0.6 is 0 Å². The van der Waals surface area contributed by atoms with Crippen LogP contribution in [-0.4, -0.2) is 40.0 Å². The first kappa shape index (κ1) is 12.2. The third-order valence-electron chi connectivity index (χ3n) is 2.62. The summed E-state index contributed by atoms with van der Waals surface area (Å²) in [6.07, 6.45) is 3.17. The first-order valence-electron chi connectivity index (χ1n) is 5.41. The molecule has 6 heteroatoms. The highest BCUT2D eigenvalue weighted by atomic mass is 19.1. The molecule has 5 nitrogen and oxygen atoms in total. The average molecular weight is 250 g/mol. The number of hydrogen-bond acceptors (Lipinski definition) is 3. The number of rotatable bonds is 2. The van der Waals surface area contributed by atoms with E-state index in [9.17, 15) is 14.0 Å². The smallest absolute Gasteiger partial charge is 0.354 e. The summed E-state index contributed by atoms with van der Waals surface area (Å²) in [6, 6.07) is 2.62. The van der Waals surface area contributed by atoms with E-state index in [0.29, 0.717) is 13.0 Å². The van der Waals surface area contributed by atoms with Crippen LogP contribution in [0.3, 0.4) is 0 Å². The number of carbonyl (C=O) groups is 2. The Morgan fingerprint density at radius 3 is 2.89 bits per heavy atom. The summed E-state index contributed by atoms with van der Waals surface area (Å²) >= 11 is 0. The monoisotopic (exact) mass is 250 g/mol. The zero-order valence-electron chi connectivity index (χ0n) is 9.47. The molecule has 0 saturated heterocycles. The van der Waals surface area contributed by atoms with Crippen molar-refractivity contribution in [3.63, 3.8) is 0 Å². The van der Waals surface area contributed by atoms with Crippen LogP contribution in [-0.2, 0) is 0 Å². The third-order valence-corrected chi connectivity index (χ3v) is 2.62. The maximum Gasteiger partial charge on any atom is 0.354 e. The van der Waals surface area contributed by atoms with Gasteiger partial charge in [-0.25, -0.2) is 14.2 Å². The molecule has 2 heterocycles. The van der Waals surface area contributed by atoms with Crippen molar-refractivity contribution >= 4 is 11.9 Å². The van der Waals surface area contributed by atoms with Crippen molar-refractivity contribution in [2.75, 3.05) is 13.1 Å². The van der Waals surface area contributed by atoms with E-state index < -0.39 is 5.97 Å². The number of amides is 1. The molecular formula is C12H11FN2O3. The second-order valence-electron chi connectivity index (χ2n) is 3.90. The Bertz CT molecular complexity index is 528. The van der Waals surface area contributed by atoms with Crippen molar-refractivity contribution < 1.29 is 19.1 Å². The summed E-state index contributed by atoms with van der Waals surface area (Å²) < 4.78 is 13.1. The summed E-state index contributed by atoms with van der Waals surface area (Å²) in [5.74, 6) is -1.93. The van der Waals surface area contributed by atoms with Gasteiger partial charge in [0.25, 0.3) is 5.91 Å². The lowest BCUT2D eigenvalue weighted by Gasteiger charge is -2.24. The highest BCUT2D eigenvalue weighted by Crippen LogP contribution is 2.14. The number of nitrogens with zero attached hydrogens (tertiary/aromatic N) is 2. The van der Waals surface area contributed by atoms with E-state index in [4.69, 9.17) is 5.11 Å². The minimum atomic E-state index is -1.20. The number of carbonyl (C=O) groups excluding carboxylic acids is 1. The van der Waals surface area contributed by atoms with Crippen molar-refractivity contribution in [1.82, 2.24) is 9.88 Å². The third kappa shape index (κ3) is 2.53. The van der Waals surface area contributed by atoms with Crippen molar-refractivity contribution in [2.24, 2.45) is 0 Å². The van der Waals surface area contributed by atoms with Crippen LogP contribution < -0.4 is 0 Å². The largest absolute Gasteiger partial charge is 0.477 e. The Hall–Kier alpha value is -2.24. The summed E-state index contributed by atoms with van der Waals surface area (Å²) in [5.41, 5.74) is 0.00553. The van der Waals surface area contributed by atoms with Crippen molar-refractivity contribution in [3.8, 4) is 0 Å². The van der Waals surface area contributed by atoms with Gasteiger partial charge in [-0.2, -0.15) is 0 Å². The molecular weight excluding hydrogens is 239 g/mol. The molecule has 0 fully saturated rings. The van der Waals surface area contributed by atoms with Crippen LogP contribution in [0.15, 0.2) is 30.2 Å². The Kier molecular flexibility index (Phi) is 3.36. The maximum atomic E-state index is 13.1. The van der Waals surface area contributed by atoms with Gasteiger partial charge in [0.05, 0.1) is 6.54 Å². The zero-order chi connectivity index (χ0) is 13.1. The van der Waals surface area contributed by atoms with Crippen LogP contribution in [0.1, 0.15) is 27.3 Å². The first-order chi connectivity index (χ1) is 8.58. The quantitative estimate of drug-likeness (QED) is 0.863. The zero-order valence-corrected chi connectivity index (χ0v) is 9.47. The highest BCUT2D eigenvalue weighted by molar-refractivity contribution is 5.96. The van der Waals surface area contributed by atoms with Gasteiger partial charge >= 0.3 is 5.97 Å². The van der Waals surface area contributed by atoms with Crippen LogP contribution in [0.25, 0.3) is 0 Å². The van der Waals surface area contributed by atoms with Crippen LogP contribution in [0, 0.1) is 0 Å². The molecule has 0 bridgehead atoms. The molecule has 2 rings (SSSR count). The number of hydrogen-bond donors (Lipinski definition) is 1. The van der Waals surface area contributed by atoms with Crippen molar-refractivity contribution in [1.29, 1.82) is 0 Å². The maximum absolute atomic E-state index is 13.1. The Morgan fingerprint density at radius 1 is 1.44 bits per heavy atom. The minimum Gasteiger partial charge on any atom is -0.477 e. The molecule has 0 aliphatic carbocycles. The van der Waals surface area contributed by atoms with Gasteiger partial charge in [0.1, 0.15) is 11.5 Å². The van der Waals surface area contributed by atoms with Crippen molar-refractivity contribution in [3.05, 3.63) is 41.5 Å². The molecule has 0 unspecified atom stereocenters. The highest BCUT2D eigenvalue weighted by Gasteiger charge is 2.20. The van der Waals surface area contributed by atoms with Gasteiger partial charge in [-0.15, -0.1) is 0 Å². The molecule has 1 amide bonds. The van der Waals surface area contributed by atoms with Gasteiger partial charge in [0, 0.05) is 18.3 Å². The lowest BCUT2D eigenvalue weighted by atomic mass is 10.1. The van der Waals surface area contributed by atoms with E-state index in [-0.39, 0.29) is 29.5 Å². The fourth-order valence-corrected chi connectivity index (χ4v) is 1.74. The summed E-state index contributed by atoms with van der Waals surface area (Å²) in [4.78, 5) is 27.7. The standard InChI is InChI=1S/C12H11FN2O3/c13-9-2-1-5-15(7-9)11(16)8-3-4-14-10(6-8)12(17)18/h2-4,6H,1,5,7H2,(H,17,18). The Balaban J connectivity index is 2.21. The molecule has 0 saturated carbocycles. The van der Waals surface area contributed by atoms with Gasteiger partial charge in [0.15, 0.2) is 0 Å². The Morgan fingerprint density at radius 2 is 2.22 bits per heavy atom. The van der Waals surface area contributed by atoms with E-state index in [1.807, 2.05) is 0 Å². The number of carboxylic acid groups (broad SMARTS) is 1. The fourth-order valence-electron chi connectivity index (χ4n) is 1.74. The van der Waals surface area contributed by atoms with E-state index in [0.717, 1.165) is 0 Å². The average Bonchev–Trinajstić information content (AvgIpc) is 2.38. The molecule has 1 aromatic heterocycles. The predicted octanol–water partition coefficient (Wildman–Crippen LogP) is 1.48. The topological polar surface area (TPSA) is 70.5 Å². The lowest BCUT2D eigenvalue weighted by molar-refractivity contribution is 0.0690. The molecule has 1 aromatic rings. The molecule has 18 heavy (non-hydrogen) atoms. The summed E-state index contributed by atoms with van der Waals surface area (Å²) in [5, 5.41) is 8.79. The van der Waals surface area contributed by atoms with Crippen molar-refractivity contribution in [2.45, 2.75) is 6.42 Å². The predicted molar refractivity (Wildman–Crippen MR) is 60.9 cm³/mol. The molecule has 1 aliphatic rings. The number of carboxylic acids is 1. The van der Waals surface area contributed by atoms with Gasteiger partial charge < -0.3 is 10.0 Å². The molecule has 0 atom stereocenters. The van der Waals surface area contributed by atoms with Gasteiger partial charge in [-0.05, 0) is 24.6 Å². The number of pyridine rings is 1. The molecule has 1 N–H and O–H groups in total. The molecule has 0 spiro atoms. The SMILES string of the molecule is O=C(O)c1cc(C(=O)N2CCC=C(F)C2)ccn1. The molecule has 0 aromatic carbocycles. The summed E-state index contributed by atoms with van der Waals surface area (Å²) in [7, 11) is 0. The second-order valence-corrected chi connectivity index (χ2v) is 3.90. The molecule has 1 aliphatic heterocycles. The minimum absolute atomic E-state index is 0.0659. The first-order valence-corrected chi connectivity index (χ1v) is 5.41. The number of halogens is 1. The Labute approximate surface area is 103 Å². The van der Waals surface area contributed by atoms with Gasteiger partial charge in [0.2, 0.25) is 0 Å². The van der Waals surface area contributed by atoms with Gasteiger partial charge in [-0.3, -0.25) is 4.79 Å². The summed E-state index contributed by atoms with van der Waals surface area (Å²) in [6.45, 7) is 0.362. The lowest BCUT2D eigenvalue weighted by Crippen LogP contribution is -2.35. The van der Waals surface area contributed by atoms with E-state index in [1.165, 1.54) is 29.3 Å². The normalized spacial score (nSPS) is 15.2. The molecule has 94 valence electrons.